The van der Waals surface area contributed by atoms with Crippen molar-refractivity contribution in [1.82, 2.24) is 10.2 Å². The Morgan fingerprint density at radius 2 is 2.21 bits per heavy atom. The van der Waals surface area contributed by atoms with Crippen LogP contribution in [0.1, 0.15) is 16.7 Å². The van der Waals surface area contributed by atoms with Crippen LogP contribution in [0.2, 0.25) is 0 Å². The van der Waals surface area contributed by atoms with Gasteiger partial charge in [-0.25, -0.2) is 0 Å². The number of hydrogen-bond donors (Lipinski definition) is 1. The molecule has 14 heavy (non-hydrogen) atoms. The number of allylic oxidation sites excluding steroid dienone is 1. The summed E-state index contributed by atoms with van der Waals surface area (Å²) in [5, 5.41) is 8.27. The van der Waals surface area contributed by atoms with Crippen molar-refractivity contribution in [2.24, 2.45) is 0 Å². The van der Waals surface area contributed by atoms with Gasteiger partial charge in [0.15, 0.2) is 0 Å². The van der Waals surface area contributed by atoms with Crippen molar-refractivity contribution < 1.29 is 0 Å². The Hall–Kier alpha value is -1.57. The molecule has 0 radical (unpaired) electrons. The zero-order valence-corrected chi connectivity index (χ0v) is 8.59. The number of aromatic amines is 1. The maximum absolute atomic E-state index is 4.05. The third kappa shape index (κ3) is 1.23. The fourth-order valence-corrected chi connectivity index (χ4v) is 1.80. The van der Waals surface area contributed by atoms with E-state index in [1.807, 2.05) is 12.3 Å². The van der Waals surface area contributed by atoms with Gasteiger partial charge in [0.05, 0.1) is 11.7 Å². The number of benzene rings is 1. The van der Waals surface area contributed by atoms with E-state index >= 15 is 0 Å². The lowest BCUT2D eigenvalue weighted by Crippen LogP contribution is -1.91. The highest BCUT2D eigenvalue weighted by Crippen LogP contribution is 2.23. The Morgan fingerprint density at radius 1 is 1.43 bits per heavy atom. The molecule has 2 nitrogen and oxygen atoms in total. The Balaban J connectivity index is 2.73. The van der Waals surface area contributed by atoms with Gasteiger partial charge in [-0.1, -0.05) is 6.08 Å². The van der Waals surface area contributed by atoms with E-state index in [1.165, 1.54) is 22.1 Å². The molecule has 1 aromatic heterocycles. The second kappa shape index (κ2) is 3.29. The Kier molecular flexibility index (Phi) is 2.12. The molecule has 2 heteroatoms. The quantitative estimate of drug-likeness (QED) is 0.718. The van der Waals surface area contributed by atoms with E-state index in [0.29, 0.717) is 0 Å². The molecule has 2 rings (SSSR count). The molecule has 0 amide bonds. The summed E-state index contributed by atoms with van der Waals surface area (Å²) in [5.41, 5.74) is 5.10. The summed E-state index contributed by atoms with van der Waals surface area (Å²) in [7, 11) is 0. The smallest absolute Gasteiger partial charge is 0.0656 e. The molecule has 0 saturated heterocycles. The normalized spacial score (nSPS) is 10.7. The van der Waals surface area contributed by atoms with Crippen LogP contribution in [-0.2, 0) is 6.42 Å². The van der Waals surface area contributed by atoms with E-state index < -0.39 is 0 Å². The number of aryl methyl sites for hydroxylation is 1. The molecule has 0 spiro atoms. The van der Waals surface area contributed by atoms with E-state index in [2.05, 4.69) is 36.7 Å². The molecule has 0 saturated carbocycles. The van der Waals surface area contributed by atoms with Crippen LogP contribution in [0, 0.1) is 13.8 Å². The SMILES string of the molecule is C=CCc1cc2[nH]ncc2c(C)c1C. The predicted octanol–water partition coefficient (Wildman–Crippen LogP) is 2.91. The van der Waals surface area contributed by atoms with Gasteiger partial charge in [0.1, 0.15) is 0 Å². The minimum Gasteiger partial charge on any atom is -0.278 e. The van der Waals surface area contributed by atoms with Gasteiger partial charge in [-0.05, 0) is 43.0 Å². The lowest BCUT2D eigenvalue weighted by Gasteiger charge is -2.07. The number of fused-ring (bicyclic) bond motifs is 1. The van der Waals surface area contributed by atoms with Gasteiger partial charge >= 0.3 is 0 Å². The third-order valence-corrected chi connectivity index (χ3v) is 2.80. The monoisotopic (exact) mass is 186 g/mol. The summed E-state index contributed by atoms with van der Waals surface area (Å²) < 4.78 is 0. The van der Waals surface area contributed by atoms with Crippen LogP contribution in [0.25, 0.3) is 10.9 Å². The molecule has 0 aliphatic heterocycles. The van der Waals surface area contributed by atoms with Gasteiger partial charge in [0.25, 0.3) is 0 Å². The molecule has 1 heterocycles. The van der Waals surface area contributed by atoms with Crippen molar-refractivity contribution >= 4 is 10.9 Å². The molecule has 0 fully saturated rings. The van der Waals surface area contributed by atoms with Crippen molar-refractivity contribution in [2.75, 3.05) is 0 Å². The van der Waals surface area contributed by atoms with Crippen LogP contribution in [0.3, 0.4) is 0 Å². The fraction of sp³-hybridized carbons (Fsp3) is 0.250. The lowest BCUT2D eigenvalue weighted by atomic mass is 9.98. The molecule has 72 valence electrons. The van der Waals surface area contributed by atoms with E-state index in [9.17, 15) is 0 Å². The first-order valence-electron chi connectivity index (χ1n) is 4.77. The third-order valence-electron chi connectivity index (χ3n) is 2.80. The molecule has 0 atom stereocenters. The first-order chi connectivity index (χ1) is 6.74. The van der Waals surface area contributed by atoms with Crippen molar-refractivity contribution in [2.45, 2.75) is 20.3 Å². The number of H-pyrrole nitrogens is 1. The highest BCUT2D eigenvalue weighted by atomic mass is 15.1. The van der Waals surface area contributed by atoms with E-state index in [4.69, 9.17) is 0 Å². The topological polar surface area (TPSA) is 28.7 Å². The molecular formula is C12H14N2. The number of nitrogens with zero attached hydrogens (tertiary/aromatic N) is 1. The van der Waals surface area contributed by atoms with Crippen LogP contribution >= 0.6 is 0 Å². The van der Waals surface area contributed by atoms with Crippen molar-refractivity contribution in [3.05, 3.63) is 41.6 Å². The number of nitrogens with one attached hydrogen (secondary N) is 1. The van der Waals surface area contributed by atoms with Gasteiger partial charge in [0, 0.05) is 5.39 Å². The summed E-state index contributed by atoms with van der Waals surface area (Å²) in [4.78, 5) is 0. The molecule has 1 N–H and O–H groups in total. The first kappa shape index (κ1) is 9.00. The maximum Gasteiger partial charge on any atom is 0.0656 e. The lowest BCUT2D eigenvalue weighted by molar-refractivity contribution is 1.12. The largest absolute Gasteiger partial charge is 0.278 e. The molecule has 0 aliphatic rings. The Morgan fingerprint density at radius 3 is 2.93 bits per heavy atom. The summed E-state index contributed by atoms with van der Waals surface area (Å²) in [6.07, 6.45) is 4.74. The standard InChI is InChI=1S/C12H14N2/c1-4-5-10-6-12-11(7-13-14-12)9(3)8(10)2/h4,6-7H,1,5H2,2-3H3,(H,13,14). The second-order valence-electron chi connectivity index (χ2n) is 3.61. The number of aromatic nitrogens is 2. The minimum absolute atomic E-state index is 0.918. The van der Waals surface area contributed by atoms with Crippen molar-refractivity contribution in [1.29, 1.82) is 0 Å². The van der Waals surface area contributed by atoms with E-state index in [-0.39, 0.29) is 0 Å². The molecule has 0 bridgehead atoms. The van der Waals surface area contributed by atoms with E-state index in [0.717, 1.165) is 11.9 Å². The predicted molar refractivity (Wildman–Crippen MR) is 59.5 cm³/mol. The average Bonchev–Trinajstić information content (AvgIpc) is 2.62. The molecule has 0 unspecified atom stereocenters. The molecule has 0 aliphatic carbocycles. The second-order valence-corrected chi connectivity index (χ2v) is 3.61. The molecule has 2 aromatic rings. The summed E-state index contributed by atoms with van der Waals surface area (Å²) in [5.74, 6) is 0. The zero-order valence-electron chi connectivity index (χ0n) is 8.59. The van der Waals surface area contributed by atoms with Crippen LogP contribution in [0.4, 0.5) is 0 Å². The van der Waals surface area contributed by atoms with E-state index in [1.54, 1.807) is 0 Å². The van der Waals surface area contributed by atoms with Crippen LogP contribution in [0.5, 0.6) is 0 Å². The summed E-state index contributed by atoms with van der Waals surface area (Å²) in [6, 6.07) is 2.16. The molecular weight excluding hydrogens is 172 g/mol. The first-order valence-corrected chi connectivity index (χ1v) is 4.77. The van der Waals surface area contributed by atoms with Crippen molar-refractivity contribution in [3.63, 3.8) is 0 Å². The zero-order chi connectivity index (χ0) is 10.1. The summed E-state index contributed by atoms with van der Waals surface area (Å²) in [6.45, 7) is 8.06. The fourth-order valence-electron chi connectivity index (χ4n) is 1.80. The van der Waals surface area contributed by atoms with Gasteiger partial charge in [-0.15, -0.1) is 6.58 Å². The van der Waals surface area contributed by atoms with Crippen LogP contribution in [-0.4, -0.2) is 10.2 Å². The van der Waals surface area contributed by atoms with Gasteiger partial charge in [-0.3, -0.25) is 5.10 Å². The number of rotatable bonds is 2. The summed E-state index contributed by atoms with van der Waals surface area (Å²) >= 11 is 0. The van der Waals surface area contributed by atoms with Gasteiger partial charge in [-0.2, -0.15) is 5.10 Å². The average molecular weight is 186 g/mol. The highest BCUT2D eigenvalue weighted by molar-refractivity contribution is 5.83. The highest BCUT2D eigenvalue weighted by Gasteiger charge is 2.06. The number of hydrogen-bond acceptors (Lipinski definition) is 1. The van der Waals surface area contributed by atoms with Gasteiger partial charge < -0.3 is 0 Å². The maximum atomic E-state index is 4.05. The van der Waals surface area contributed by atoms with Crippen LogP contribution < -0.4 is 0 Å². The van der Waals surface area contributed by atoms with Crippen LogP contribution in [0.15, 0.2) is 24.9 Å². The minimum atomic E-state index is 0.918. The van der Waals surface area contributed by atoms with Crippen molar-refractivity contribution in [3.8, 4) is 0 Å². The Labute approximate surface area is 83.6 Å². The van der Waals surface area contributed by atoms with Gasteiger partial charge in [0.2, 0.25) is 0 Å². The Bertz CT molecular complexity index is 480. The molecule has 1 aromatic carbocycles.